The molecule has 1 atom stereocenters. The Labute approximate surface area is 108 Å². The first kappa shape index (κ1) is 14.4. The van der Waals surface area contributed by atoms with E-state index in [1.54, 1.807) is 0 Å². The molecule has 1 aromatic rings. The van der Waals surface area contributed by atoms with Gasteiger partial charge in [-0.1, -0.05) is 19.0 Å². The van der Waals surface area contributed by atoms with Crippen molar-refractivity contribution in [3.8, 4) is 0 Å². The highest BCUT2D eigenvalue weighted by Gasteiger charge is 2.18. The number of rotatable bonds is 3. The number of nitrogens with one attached hydrogen (secondary N) is 1. The van der Waals surface area contributed by atoms with Crippen molar-refractivity contribution in [2.45, 2.75) is 39.3 Å². The van der Waals surface area contributed by atoms with Crippen molar-refractivity contribution in [2.75, 3.05) is 19.6 Å². The van der Waals surface area contributed by atoms with Crippen molar-refractivity contribution in [1.82, 2.24) is 20.4 Å². The SMILES string of the molecule is CC1CN(Cc2noc(C(C)C)n2)CCN1.Cl. The van der Waals surface area contributed by atoms with Crippen LogP contribution in [0.1, 0.15) is 38.4 Å². The molecule has 17 heavy (non-hydrogen) atoms. The second-order valence-electron chi connectivity index (χ2n) is 4.79. The van der Waals surface area contributed by atoms with Crippen molar-refractivity contribution in [3.63, 3.8) is 0 Å². The molecule has 1 saturated heterocycles. The number of aromatic nitrogens is 2. The third-order valence-corrected chi connectivity index (χ3v) is 2.80. The van der Waals surface area contributed by atoms with E-state index >= 15 is 0 Å². The summed E-state index contributed by atoms with van der Waals surface area (Å²) >= 11 is 0. The van der Waals surface area contributed by atoms with Crippen LogP contribution in [0.3, 0.4) is 0 Å². The van der Waals surface area contributed by atoms with Crippen LogP contribution in [0.2, 0.25) is 0 Å². The van der Waals surface area contributed by atoms with Crippen LogP contribution >= 0.6 is 12.4 Å². The minimum absolute atomic E-state index is 0. The Hall–Kier alpha value is -0.650. The Morgan fingerprint density at radius 3 is 2.88 bits per heavy atom. The maximum Gasteiger partial charge on any atom is 0.229 e. The zero-order valence-corrected chi connectivity index (χ0v) is 11.5. The average Bonchev–Trinajstić information content (AvgIpc) is 2.66. The third-order valence-electron chi connectivity index (χ3n) is 2.80. The zero-order valence-electron chi connectivity index (χ0n) is 10.6. The number of hydrogen-bond donors (Lipinski definition) is 1. The van der Waals surface area contributed by atoms with Crippen LogP contribution in [0.25, 0.3) is 0 Å². The van der Waals surface area contributed by atoms with Gasteiger partial charge < -0.3 is 9.84 Å². The molecule has 0 aromatic carbocycles. The third kappa shape index (κ3) is 3.94. The van der Waals surface area contributed by atoms with Gasteiger partial charge in [-0.3, -0.25) is 4.90 Å². The Kier molecular flexibility index (Phi) is 5.36. The van der Waals surface area contributed by atoms with E-state index in [2.05, 4.69) is 41.1 Å². The summed E-state index contributed by atoms with van der Waals surface area (Å²) in [6.07, 6.45) is 0. The summed E-state index contributed by atoms with van der Waals surface area (Å²) in [5.41, 5.74) is 0. The van der Waals surface area contributed by atoms with Crippen LogP contribution in [0.4, 0.5) is 0 Å². The normalized spacial score (nSPS) is 21.5. The molecule has 0 radical (unpaired) electrons. The highest BCUT2D eigenvalue weighted by atomic mass is 35.5. The second-order valence-corrected chi connectivity index (χ2v) is 4.79. The Balaban J connectivity index is 0.00000144. The first-order valence-electron chi connectivity index (χ1n) is 5.93. The molecule has 0 amide bonds. The van der Waals surface area contributed by atoms with Gasteiger partial charge in [-0.15, -0.1) is 12.4 Å². The molecule has 98 valence electrons. The van der Waals surface area contributed by atoms with Crippen LogP contribution in [-0.4, -0.2) is 40.7 Å². The van der Waals surface area contributed by atoms with E-state index in [0.29, 0.717) is 12.0 Å². The monoisotopic (exact) mass is 260 g/mol. The van der Waals surface area contributed by atoms with E-state index < -0.39 is 0 Å². The summed E-state index contributed by atoms with van der Waals surface area (Å²) < 4.78 is 5.19. The molecule has 2 rings (SSSR count). The maximum absolute atomic E-state index is 5.19. The smallest absolute Gasteiger partial charge is 0.229 e. The van der Waals surface area contributed by atoms with Gasteiger partial charge in [0.1, 0.15) is 0 Å². The number of nitrogens with zero attached hydrogens (tertiary/aromatic N) is 3. The summed E-state index contributed by atoms with van der Waals surface area (Å²) in [6.45, 7) is 10.2. The number of halogens is 1. The van der Waals surface area contributed by atoms with Gasteiger partial charge in [0, 0.05) is 31.6 Å². The van der Waals surface area contributed by atoms with Gasteiger partial charge in [0.2, 0.25) is 5.89 Å². The molecular weight excluding hydrogens is 240 g/mol. The molecule has 1 aliphatic heterocycles. The number of piperazine rings is 1. The summed E-state index contributed by atoms with van der Waals surface area (Å²) in [6, 6.07) is 0.547. The lowest BCUT2D eigenvalue weighted by atomic mass is 10.2. The fraction of sp³-hybridized carbons (Fsp3) is 0.818. The molecule has 0 saturated carbocycles. The van der Waals surface area contributed by atoms with Crippen molar-refractivity contribution < 1.29 is 4.52 Å². The largest absolute Gasteiger partial charge is 0.339 e. The Bertz CT molecular complexity index is 342. The first-order valence-corrected chi connectivity index (χ1v) is 5.93. The predicted molar refractivity (Wildman–Crippen MR) is 68.4 cm³/mol. The molecule has 1 fully saturated rings. The van der Waals surface area contributed by atoms with Crippen LogP contribution in [0.5, 0.6) is 0 Å². The lowest BCUT2D eigenvalue weighted by Gasteiger charge is -2.30. The van der Waals surface area contributed by atoms with Crippen molar-refractivity contribution in [3.05, 3.63) is 11.7 Å². The van der Waals surface area contributed by atoms with Crippen molar-refractivity contribution >= 4 is 12.4 Å². The molecule has 0 spiro atoms. The fourth-order valence-corrected chi connectivity index (χ4v) is 1.92. The molecule has 1 aliphatic rings. The minimum Gasteiger partial charge on any atom is -0.339 e. The van der Waals surface area contributed by atoms with Gasteiger partial charge in [0.25, 0.3) is 0 Å². The van der Waals surface area contributed by atoms with Gasteiger partial charge in [-0.05, 0) is 6.92 Å². The summed E-state index contributed by atoms with van der Waals surface area (Å²) in [5, 5.41) is 7.42. The fourth-order valence-electron chi connectivity index (χ4n) is 1.92. The summed E-state index contributed by atoms with van der Waals surface area (Å²) in [4.78, 5) is 6.75. The van der Waals surface area contributed by atoms with Gasteiger partial charge in [-0.25, -0.2) is 0 Å². The molecule has 2 heterocycles. The molecule has 6 heteroatoms. The lowest BCUT2D eigenvalue weighted by Crippen LogP contribution is -2.48. The predicted octanol–water partition coefficient (Wildman–Crippen LogP) is 1.41. The van der Waals surface area contributed by atoms with Gasteiger partial charge >= 0.3 is 0 Å². The van der Waals surface area contributed by atoms with Crippen LogP contribution in [0.15, 0.2) is 4.52 Å². The molecular formula is C11H21ClN4O. The Morgan fingerprint density at radius 2 is 2.29 bits per heavy atom. The molecule has 1 aromatic heterocycles. The maximum atomic E-state index is 5.19. The van der Waals surface area contributed by atoms with E-state index in [-0.39, 0.29) is 12.4 Å². The van der Waals surface area contributed by atoms with Gasteiger partial charge in [-0.2, -0.15) is 4.98 Å². The van der Waals surface area contributed by atoms with Gasteiger partial charge in [0.05, 0.1) is 6.54 Å². The molecule has 1 unspecified atom stereocenters. The van der Waals surface area contributed by atoms with Crippen molar-refractivity contribution in [1.29, 1.82) is 0 Å². The lowest BCUT2D eigenvalue weighted by molar-refractivity contribution is 0.193. The molecule has 5 nitrogen and oxygen atoms in total. The van der Waals surface area contributed by atoms with E-state index in [1.807, 2.05) is 0 Å². The highest BCUT2D eigenvalue weighted by Crippen LogP contribution is 2.12. The van der Waals surface area contributed by atoms with Gasteiger partial charge in [0.15, 0.2) is 5.82 Å². The average molecular weight is 261 g/mol. The standard InChI is InChI=1S/C11H20N4O.ClH/c1-8(2)11-13-10(14-16-11)7-15-5-4-12-9(3)6-15;/h8-9,12H,4-7H2,1-3H3;1H. The molecule has 1 N–H and O–H groups in total. The highest BCUT2D eigenvalue weighted by molar-refractivity contribution is 5.85. The van der Waals surface area contributed by atoms with Crippen molar-refractivity contribution in [2.24, 2.45) is 0 Å². The van der Waals surface area contributed by atoms with E-state index in [4.69, 9.17) is 4.52 Å². The van der Waals surface area contributed by atoms with Crippen LogP contribution in [-0.2, 0) is 6.54 Å². The Morgan fingerprint density at radius 1 is 1.53 bits per heavy atom. The van der Waals surface area contributed by atoms with E-state index in [0.717, 1.165) is 37.9 Å². The zero-order chi connectivity index (χ0) is 11.5. The van der Waals surface area contributed by atoms with E-state index in [9.17, 15) is 0 Å². The van der Waals surface area contributed by atoms with Crippen LogP contribution < -0.4 is 5.32 Å². The van der Waals surface area contributed by atoms with E-state index in [1.165, 1.54) is 0 Å². The quantitative estimate of drug-likeness (QED) is 0.891. The second kappa shape index (κ2) is 6.33. The van der Waals surface area contributed by atoms with Crippen LogP contribution in [0, 0.1) is 0 Å². The molecule has 0 aliphatic carbocycles. The minimum atomic E-state index is 0. The summed E-state index contributed by atoms with van der Waals surface area (Å²) in [7, 11) is 0. The summed E-state index contributed by atoms with van der Waals surface area (Å²) in [5.74, 6) is 1.85. The topological polar surface area (TPSA) is 54.2 Å². The molecule has 0 bridgehead atoms. The first-order chi connectivity index (χ1) is 7.65. The number of hydrogen-bond acceptors (Lipinski definition) is 5.